The fourth-order valence-corrected chi connectivity index (χ4v) is 3.75. The van der Waals surface area contributed by atoms with Crippen molar-refractivity contribution in [2.45, 2.75) is 32.3 Å². The van der Waals surface area contributed by atoms with Crippen LogP contribution in [0.1, 0.15) is 36.3 Å². The van der Waals surface area contributed by atoms with Crippen molar-refractivity contribution in [1.82, 2.24) is 0 Å². The minimum atomic E-state index is -1.03. The van der Waals surface area contributed by atoms with E-state index in [4.69, 9.17) is 9.47 Å². The summed E-state index contributed by atoms with van der Waals surface area (Å²) >= 11 is 1.67. The average Bonchev–Trinajstić information content (AvgIpc) is 3.28. The van der Waals surface area contributed by atoms with E-state index in [9.17, 15) is 9.59 Å². The van der Waals surface area contributed by atoms with Gasteiger partial charge in [0.05, 0.1) is 12.3 Å². The molecular formula is C24H25NO4S. The molecular weight excluding hydrogens is 398 g/mol. The summed E-state index contributed by atoms with van der Waals surface area (Å²) in [6.45, 7) is 2.36. The molecule has 0 bridgehead atoms. The Morgan fingerprint density at radius 3 is 2.50 bits per heavy atom. The number of carbonyl (C=O) groups excluding carboxylic acids is 2. The fourth-order valence-electron chi connectivity index (χ4n) is 3.00. The summed E-state index contributed by atoms with van der Waals surface area (Å²) < 4.78 is 11.2. The van der Waals surface area contributed by atoms with Gasteiger partial charge in [0.25, 0.3) is 5.91 Å². The third-order valence-corrected chi connectivity index (χ3v) is 5.35. The molecule has 1 aromatic heterocycles. The van der Waals surface area contributed by atoms with Crippen LogP contribution in [-0.4, -0.2) is 18.5 Å². The van der Waals surface area contributed by atoms with Crippen LogP contribution in [0, 0.1) is 0 Å². The number of rotatable bonds is 10. The highest BCUT2D eigenvalue weighted by Gasteiger charge is 2.25. The quantitative estimate of drug-likeness (QED) is 0.444. The van der Waals surface area contributed by atoms with Crippen LogP contribution < -0.4 is 10.1 Å². The van der Waals surface area contributed by atoms with Gasteiger partial charge in [-0.25, -0.2) is 0 Å². The third-order valence-electron chi connectivity index (χ3n) is 4.42. The van der Waals surface area contributed by atoms with Gasteiger partial charge in [0.2, 0.25) is 6.10 Å². The molecule has 0 saturated carbocycles. The summed E-state index contributed by atoms with van der Waals surface area (Å²) in [4.78, 5) is 26.7. The number of nitrogens with one attached hydrogen (secondary N) is 1. The maximum Gasteiger partial charge on any atom is 0.306 e. The molecule has 1 amide bonds. The van der Waals surface area contributed by atoms with Gasteiger partial charge in [0, 0.05) is 16.9 Å². The molecule has 1 N–H and O–H groups in total. The van der Waals surface area contributed by atoms with Crippen molar-refractivity contribution in [1.29, 1.82) is 0 Å². The van der Waals surface area contributed by atoms with Crippen molar-refractivity contribution in [3.63, 3.8) is 0 Å². The van der Waals surface area contributed by atoms with E-state index < -0.39 is 18.0 Å². The largest absolute Gasteiger partial charge is 0.492 e. The molecule has 0 fully saturated rings. The van der Waals surface area contributed by atoms with Crippen molar-refractivity contribution >= 4 is 28.9 Å². The Morgan fingerprint density at radius 2 is 1.77 bits per heavy atom. The maximum absolute atomic E-state index is 13.0. The molecule has 0 aliphatic rings. The van der Waals surface area contributed by atoms with Crippen LogP contribution in [0.25, 0.3) is 0 Å². The number of hydrogen-bond donors (Lipinski definition) is 1. The predicted molar refractivity (Wildman–Crippen MR) is 119 cm³/mol. The van der Waals surface area contributed by atoms with Gasteiger partial charge in [-0.2, -0.15) is 0 Å². The Morgan fingerprint density at radius 1 is 1.00 bits per heavy atom. The SMILES string of the molecule is CCOc1ccccc1NC(=O)C(OC(=O)CCCc1cccs1)c1ccccc1. The maximum atomic E-state index is 13.0. The summed E-state index contributed by atoms with van der Waals surface area (Å²) in [5.74, 6) is -0.240. The number of thiophene rings is 1. The molecule has 5 nitrogen and oxygen atoms in total. The zero-order chi connectivity index (χ0) is 21.2. The first-order valence-electron chi connectivity index (χ1n) is 9.97. The van der Waals surface area contributed by atoms with Crippen molar-refractivity contribution < 1.29 is 19.1 Å². The molecule has 1 unspecified atom stereocenters. The Kier molecular flexibility index (Phi) is 8.03. The molecule has 30 heavy (non-hydrogen) atoms. The van der Waals surface area contributed by atoms with Crippen LogP contribution in [0.15, 0.2) is 72.1 Å². The van der Waals surface area contributed by atoms with Crippen LogP contribution in [0.4, 0.5) is 5.69 Å². The molecule has 3 aromatic rings. The molecule has 1 heterocycles. The van der Waals surface area contributed by atoms with Crippen LogP contribution in [0.2, 0.25) is 0 Å². The van der Waals surface area contributed by atoms with E-state index in [0.717, 1.165) is 6.42 Å². The zero-order valence-corrected chi connectivity index (χ0v) is 17.7. The molecule has 2 aromatic carbocycles. The lowest BCUT2D eigenvalue weighted by Gasteiger charge is -2.19. The topological polar surface area (TPSA) is 64.6 Å². The second kappa shape index (κ2) is 11.2. The highest BCUT2D eigenvalue weighted by Crippen LogP contribution is 2.27. The normalized spacial score (nSPS) is 11.5. The molecule has 0 saturated heterocycles. The molecule has 1 atom stereocenters. The molecule has 0 aliphatic carbocycles. The molecule has 0 spiro atoms. The number of anilines is 1. The van der Waals surface area contributed by atoms with Gasteiger partial charge in [-0.3, -0.25) is 9.59 Å². The van der Waals surface area contributed by atoms with Gasteiger partial charge >= 0.3 is 5.97 Å². The van der Waals surface area contributed by atoms with Crippen molar-refractivity contribution in [2.24, 2.45) is 0 Å². The number of para-hydroxylation sites is 2. The number of amides is 1. The van der Waals surface area contributed by atoms with Gasteiger partial charge < -0.3 is 14.8 Å². The summed E-state index contributed by atoms with van der Waals surface area (Å²) in [7, 11) is 0. The van der Waals surface area contributed by atoms with Crippen molar-refractivity contribution in [2.75, 3.05) is 11.9 Å². The number of hydrogen-bond acceptors (Lipinski definition) is 5. The van der Waals surface area contributed by atoms with Crippen LogP contribution >= 0.6 is 11.3 Å². The monoisotopic (exact) mass is 423 g/mol. The number of benzene rings is 2. The summed E-state index contributed by atoms with van der Waals surface area (Å²) in [6.07, 6.45) is 0.714. The second-order valence-corrected chi connectivity index (χ2v) is 7.66. The van der Waals surface area contributed by atoms with Crippen LogP contribution in [0.3, 0.4) is 0 Å². The molecule has 0 radical (unpaired) electrons. The van der Waals surface area contributed by atoms with Crippen LogP contribution in [0.5, 0.6) is 5.75 Å². The highest BCUT2D eigenvalue weighted by molar-refractivity contribution is 7.09. The van der Waals surface area contributed by atoms with Crippen LogP contribution in [-0.2, 0) is 20.7 Å². The standard InChI is InChI=1S/C24H25NO4S/c1-2-28-21-15-7-6-14-20(21)25-24(27)23(18-10-4-3-5-11-18)29-22(26)16-8-12-19-13-9-17-30-19/h3-7,9-11,13-15,17,23H,2,8,12,16H2,1H3,(H,25,27). The van der Waals surface area contributed by atoms with Gasteiger partial charge in [0.1, 0.15) is 5.75 Å². The van der Waals surface area contributed by atoms with E-state index in [-0.39, 0.29) is 6.42 Å². The Labute approximate surface area is 180 Å². The smallest absolute Gasteiger partial charge is 0.306 e. The number of aryl methyl sites for hydroxylation is 1. The third kappa shape index (κ3) is 6.19. The van der Waals surface area contributed by atoms with Gasteiger partial charge in [0.15, 0.2) is 0 Å². The molecule has 0 aliphatic heterocycles. The molecule has 3 rings (SSSR count). The van der Waals surface area contributed by atoms with Gasteiger partial charge in [-0.1, -0.05) is 48.5 Å². The first-order valence-corrected chi connectivity index (χ1v) is 10.8. The van der Waals surface area contributed by atoms with E-state index in [1.165, 1.54) is 4.88 Å². The van der Waals surface area contributed by atoms with E-state index in [1.807, 2.05) is 54.8 Å². The summed E-state index contributed by atoms with van der Waals surface area (Å²) in [5.41, 5.74) is 1.16. The number of carbonyl (C=O) groups is 2. The van der Waals surface area contributed by atoms with E-state index in [1.54, 1.807) is 35.6 Å². The lowest BCUT2D eigenvalue weighted by molar-refractivity contribution is -0.154. The molecule has 156 valence electrons. The van der Waals surface area contributed by atoms with Crippen molar-refractivity contribution in [3.05, 3.63) is 82.6 Å². The second-order valence-electron chi connectivity index (χ2n) is 6.63. The Bertz CT molecular complexity index is 941. The first kappa shape index (κ1) is 21.6. The number of ether oxygens (including phenoxy) is 2. The van der Waals surface area contributed by atoms with E-state index >= 15 is 0 Å². The lowest BCUT2D eigenvalue weighted by atomic mass is 10.1. The highest BCUT2D eigenvalue weighted by atomic mass is 32.1. The Balaban J connectivity index is 1.68. The fraction of sp³-hybridized carbons (Fsp3) is 0.250. The summed E-state index contributed by atoms with van der Waals surface area (Å²) in [5, 5.41) is 4.86. The zero-order valence-electron chi connectivity index (χ0n) is 16.9. The lowest BCUT2D eigenvalue weighted by Crippen LogP contribution is -2.26. The first-order chi connectivity index (χ1) is 14.7. The van der Waals surface area contributed by atoms with E-state index in [2.05, 4.69) is 5.32 Å². The minimum absolute atomic E-state index is 0.254. The predicted octanol–water partition coefficient (Wildman–Crippen LogP) is 5.39. The minimum Gasteiger partial charge on any atom is -0.492 e. The Hall–Kier alpha value is -3.12. The van der Waals surface area contributed by atoms with Crippen molar-refractivity contribution in [3.8, 4) is 5.75 Å². The van der Waals surface area contributed by atoms with E-state index in [0.29, 0.717) is 30.0 Å². The molecule has 6 heteroatoms. The number of esters is 1. The van der Waals surface area contributed by atoms with Gasteiger partial charge in [-0.15, -0.1) is 11.3 Å². The summed E-state index contributed by atoms with van der Waals surface area (Å²) in [6, 6.07) is 20.3. The average molecular weight is 424 g/mol. The van der Waals surface area contributed by atoms with Gasteiger partial charge in [-0.05, 0) is 43.3 Å².